The largest absolute Gasteiger partial charge is 0.444 e. The maximum absolute atomic E-state index is 13.2. The molecular weight excluding hydrogens is 406 g/mol. The number of hydrogen-bond acceptors (Lipinski definition) is 5. The zero-order chi connectivity index (χ0) is 24.1. The van der Waals surface area contributed by atoms with Crippen molar-refractivity contribution in [2.24, 2.45) is 12.8 Å². The van der Waals surface area contributed by atoms with E-state index in [1.807, 2.05) is 50.6 Å². The molecular formula is C24H35N5O3. The minimum atomic E-state index is -0.571. The highest BCUT2D eigenvalue weighted by molar-refractivity contribution is 5.85. The van der Waals surface area contributed by atoms with Crippen molar-refractivity contribution in [1.29, 1.82) is 0 Å². The lowest BCUT2D eigenvalue weighted by Gasteiger charge is -2.19. The van der Waals surface area contributed by atoms with Crippen molar-refractivity contribution in [2.75, 3.05) is 12.4 Å². The number of benzene rings is 1. The summed E-state index contributed by atoms with van der Waals surface area (Å²) in [5.74, 6) is 0. The zero-order valence-electron chi connectivity index (χ0n) is 20.2. The van der Waals surface area contributed by atoms with Gasteiger partial charge in [0, 0.05) is 23.8 Å². The van der Waals surface area contributed by atoms with E-state index >= 15 is 0 Å². The number of aryl methyl sites for hydroxylation is 2. The Labute approximate surface area is 189 Å². The summed E-state index contributed by atoms with van der Waals surface area (Å²) >= 11 is 0. The molecule has 0 aliphatic heterocycles. The highest BCUT2D eigenvalue weighted by atomic mass is 16.6. The summed E-state index contributed by atoms with van der Waals surface area (Å²) in [4.78, 5) is 25.2. The van der Waals surface area contributed by atoms with Gasteiger partial charge in [0.2, 0.25) is 0 Å². The Morgan fingerprint density at radius 1 is 1.19 bits per heavy atom. The molecule has 1 amide bonds. The van der Waals surface area contributed by atoms with Crippen LogP contribution >= 0.6 is 0 Å². The third-order valence-electron chi connectivity index (χ3n) is 5.03. The number of carbonyl (C=O) groups excluding carboxylic acids is 1. The van der Waals surface area contributed by atoms with Gasteiger partial charge in [0.25, 0.3) is 5.56 Å². The van der Waals surface area contributed by atoms with E-state index in [2.05, 4.69) is 30.0 Å². The second kappa shape index (κ2) is 10.5. The molecule has 0 radical (unpaired) electrons. The molecule has 3 N–H and O–H groups in total. The first-order valence-electron chi connectivity index (χ1n) is 10.9. The van der Waals surface area contributed by atoms with Crippen LogP contribution in [0.25, 0.3) is 10.9 Å². The van der Waals surface area contributed by atoms with Crippen molar-refractivity contribution in [2.45, 2.75) is 59.6 Å². The van der Waals surface area contributed by atoms with Crippen LogP contribution in [-0.4, -0.2) is 33.1 Å². The molecule has 1 aromatic carbocycles. The van der Waals surface area contributed by atoms with E-state index in [4.69, 9.17) is 4.74 Å². The maximum Gasteiger partial charge on any atom is 0.412 e. The maximum atomic E-state index is 13.2. The van der Waals surface area contributed by atoms with Gasteiger partial charge in [-0.25, -0.2) is 9.48 Å². The molecule has 2 heterocycles. The Bertz CT molecular complexity index is 1140. The molecule has 8 nitrogen and oxygen atoms in total. The summed E-state index contributed by atoms with van der Waals surface area (Å²) in [5.41, 5.74) is 8.33. The van der Waals surface area contributed by atoms with Gasteiger partial charge in [0.05, 0.1) is 12.7 Å². The van der Waals surface area contributed by atoms with Crippen molar-refractivity contribution in [3.05, 3.63) is 57.6 Å². The number of nitrogens with zero attached hydrogens (tertiary/aromatic N) is 3. The van der Waals surface area contributed by atoms with Crippen LogP contribution in [0.4, 0.5) is 10.5 Å². The van der Waals surface area contributed by atoms with Crippen LogP contribution in [0.5, 0.6) is 0 Å². The molecule has 32 heavy (non-hydrogen) atoms. The van der Waals surface area contributed by atoms with E-state index in [1.165, 1.54) is 23.0 Å². The third kappa shape index (κ3) is 5.56. The molecule has 0 saturated heterocycles. The molecule has 2 aromatic heterocycles. The first kappa shape index (κ1) is 25.1. The van der Waals surface area contributed by atoms with Gasteiger partial charge in [0.1, 0.15) is 11.1 Å². The van der Waals surface area contributed by atoms with E-state index in [9.17, 15) is 9.59 Å². The van der Waals surface area contributed by atoms with E-state index in [0.29, 0.717) is 17.7 Å². The molecule has 8 heteroatoms. The molecule has 0 bridgehead atoms. The number of rotatable bonds is 5. The monoisotopic (exact) mass is 441 g/mol. The van der Waals surface area contributed by atoms with Crippen LogP contribution in [0.3, 0.4) is 0 Å². The van der Waals surface area contributed by atoms with Gasteiger partial charge in [-0.3, -0.25) is 10.1 Å². The molecule has 0 aliphatic carbocycles. The standard InChI is InChI=1S/C23H30N4O3.CH5N/c1-7-17-18-13-24-27(21(28)20(18)26(6)19(17)8-2)14-15-10-9-11-16(12-15)25-22(29)30-23(3,4)5;1-2/h9-13H,7-8,14H2,1-6H3,(H,25,29);2H2,1H3. The van der Waals surface area contributed by atoms with Crippen LogP contribution in [0.15, 0.2) is 35.3 Å². The summed E-state index contributed by atoms with van der Waals surface area (Å²) in [5, 5.41) is 8.08. The van der Waals surface area contributed by atoms with E-state index in [0.717, 1.165) is 23.8 Å². The summed E-state index contributed by atoms with van der Waals surface area (Å²) < 4.78 is 8.76. The van der Waals surface area contributed by atoms with Crippen molar-refractivity contribution >= 4 is 22.7 Å². The average molecular weight is 442 g/mol. The lowest BCUT2D eigenvalue weighted by molar-refractivity contribution is 0.0636. The Kier molecular flexibility index (Phi) is 8.21. The first-order valence-corrected chi connectivity index (χ1v) is 10.9. The Morgan fingerprint density at radius 2 is 1.88 bits per heavy atom. The molecule has 0 fully saturated rings. The normalized spacial score (nSPS) is 11.1. The highest BCUT2D eigenvalue weighted by Crippen LogP contribution is 2.23. The van der Waals surface area contributed by atoms with Crippen LogP contribution in [-0.2, 0) is 31.2 Å². The minimum absolute atomic E-state index is 0.116. The number of nitrogens with two attached hydrogens (primary N) is 1. The number of nitrogens with one attached hydrogen (secondary N) is 1. The summed E-state index contributed by atoms with van der Waals surface area (Å²) in [6, 6.07) is 7.34. The first-order chi connectivity index (χ1) is 15.1. The molecule has 3 rings (SSSR count). The second-order valence-corrected chi connectivity index (χ2v) is 8.39. The molecule has 0 aliphatic rings. The summed E-state index contributed by atoms with van der Waals surface area (Å²) in [6.45, 7) is 9.95. The summed E-state index contributed by atoms with van der Waals surface area (Å²) in [6.07, 6.45) is 3.01. The van der Waals surface area contributed by atoms with Crippen molar-refractivity contribution < 1.29 is 9.53 Å². The molecule has 0 saturated carbocycles. The van der Waals surface area contributed by atoms with Gasteiger partial charge >= 0.3 is 6.09 Å². The van der Waals surface area contributed by atoms with E-state index < -0.39 is 11.7 Å². The number of ether oxygens (including phenoxy) is 1. The Balaban J connectivity index is 0.00000176. The SMILES string of the molecule is CCc1c(CC)n(C)c2c(=O)n(Cc3cccc(NC(=O)OC(C)(C)C)c3)ncc12.CN. The quantitative estimate of drug-likeness (QED) is 0.626. The second-order valence-electron chi connectivity index (χ2n) is 8.39. The number of fused-ring (bicyclic) bond motifs is 1. The fourth-order valence-corrected chi connectivity index (χ4v) is 3.82. The fraction of sp³-hybridized carbons (Fsp3) is 0.458. The molecule has 0 unspecified atom stereocenters. The Morgan fingerprint density at radius 3 is 2.47 bits per heavy atom. The number of aromatic nitrogens is 3. The van der Waals surface area contributed by atoms with Crippen LogP contribution < -0.4 is 16.6 Å². The zero-order valence-corrected chi connectivity index (χ0v) is 20.2. The van der Waals surface area contributed by atoms with Gasteiger partial charge in [-0.15, -0.1) is 0 Å². The van der Waals surface area contributed by atoms with Gasteiger partial charge in [0.15, 0.2) is 0 Å². The predicted molar refractivity (Wildman–Crippen MR) is 129 cm³/mol. The highest BCUT2D eigenvalue weighted by Gasteiger charge is 2.18. The summed E-state index contributed by atoms with van der Waals surface area (Å²) in [7, 11) is 3.44. The van der Waals surface area contributed by atoms with Gasteiger partial charge in [-0.2, -0.15) is 5.10 Å². The number of carbonyl (C=O) groups is 1. The lowest BCUT2D eigenvalue weighted by Crippen LogP contribution is -2.27. The number of hydrogen-bond donors (Lipinski definition) is 2. The van der Waals surface area contributed by atoms with Crippen molar-refractivity contribution in [1.82, 2.24) is 14.3 Å². The molecule has 3 aromatic rings. The minimum Gasteiger partial charge on any atom is -0.444 e. The lowest BCUT2D eigenvalue weighted by atomic mass is 10.1. The Hall–Kier alpha value is -3.13. The molecule has 174 valence electrons. The van der Waals surface area contributed by atoms with Gasteiger partial charge < -0.3 is 15.0 Å². The van der Waals surface area contributed by atoms with Gasteiger partial charge in [-0.05, 0) is 63.9 Å². The van der Waals surface area contributed by atoms with E-state index in [1.54, 1.807) is 12.3 Å². The number of anilines is 1. The van der Waals surface area contributed by atoms with E-state index in [-0.39, 0.29) is 5.56 Å². The van der Waals surface area contributed by atoms with Crippen molar-refractivity contribution in [3.8, 4) is 0 Å². The predicted octanol–water partition coefficient (Wildman–Crippen LogP) is 3.83. The average Bonchev–Trinajstić information content (AvgIpc) is 3.01. The smallest absolute Gasteiger partial charge is 0.412 e. The molecule has 0 atom stereocenters. The topological polar surface area (TPSA) is 104 Å². The third-order valence-corrected chi connectivity index (χ3v) is 5.03. The van der Waals surface area contributed by atoms with Gasteiger partial charge in [-0.1, -0.05) is 26.0 Å². The van der Waals surface area contributed by atoms with Crippen LogP contribution in [0.2, 0.25) is 0 Å². The number of amides is 1. The van der Waals surface area contributed by atoms with Crippen LogP contribution in [0, 0.1) is 0 Å². The van der Waals surface area contributed by atoms with Crippen LogP contribution in [0.1, 0.15) is 51.4 Å². The fourth-order valence-electron chi connectivity index (χ4n) is 3.82. The molecule has 0 spiro atoms. The van der Waals surface area contributed by atoms with Crippen molar-refractivity contribution in [3.63, 3.8) is 0 Å².